The molecule has 0 aliphatic carbocycles. The lowest BCUT2D eigenvalue weighted by Gasteiger charge is -2.18. The molecule has 1 aliphatic rings. The fraction of sp³-hybridized carbons (Fsp3) is 0.267. The van der Waals surface area contributed by atoms with Gasteiger partial charge in [-0.25, -0.2) is 8.78 Å². The standard InChI is InChI=1S/C15H11F5N4O/c16-8-2-1-3-9(17)13(8)24-7-6-10(14(24)25)21-12-5-4-11(22-23-12)15(18,19)20/h1-5,10H,6-7H2,(H,21,23). The number of aromatic nitrogens is 2. The quantitative estimate of drug-likeness (QED) is 0.857. The van der Waals surface area contributed by atoms with Gasteiger partial charge >= 0.3 is 6.18 Å². The van der Waals surface area contributed by atoms with Crippen LogP contribution in [0.3, 0.4) is 0 Å². The van der Waals surface area contributed by atoms with E-state index in [4.69, 9.17) is 0 Å². The van der Waals surface area contributed by atoms with E-state index in [1.807, 2.05) is 0 Å². The van der Waals surface area contributed by atoms with E-state index >= 15 is 0 Å². The van der Waals surface area contributed by atoms with Gasteiger partial charge in [0.25, 0.3) is 0 Å². The third kappa shape index (κ3) is 3.37. The lowest BCUT2D eigenvalue weighted by Crippen LogP contribution is -2.34. The molecule has 3 rings (SSSR count). The van der Waals surface area contributed by atoms with Crippen molar-refractivity contribution in [1.29, 1.82) is 0 Å². The summed E-state index contributed by atoms with van der Waals surface area (Å²) in [5, 5.41) is 9.05. The molecule has 1 aromatic carbocycles. The second kappa shape index (κ2) is 6.26. The van der Waals surface area contributed by atoms with Crippen LogP contribution in [0.4, 0.5) is 33.5 Å². The number of para-hydroxylation sites is 1. The average Bonchev–Trinajstić information content (AvgIpc) is 2.88. The molecule has 132 valence electrons. The van der Waals surface area contributed by atoms with Crippen LogP contribution in [0.15, 0.2) is 30.3 Å². The van der Waals surface area contributed by atoms with Crippen molar-refractivity contribution in [3.63, 3.8) is 0 Å². The first-order valence-corrected chi connectivity index (χ1v) is 7.20. The Hall–Kier alpha value is -2.78. The fourth-order valence-corrected chi connectivity index (χ4v) is 2.52. The molecule has 0 bridgehead atoms. The van der Waals surface area contributed by atoms with E-state index in [9.17, 15) is 26.7 Å². The van der Waals surface area contributed by atoms with E-state index in [0.717, 1.165) is 29.2 Å². The normalized spacial score (nSPS) is 17.9. The fourth-order valence-electron chi connectivity index (χ4n) is 2.52. The maximum Gasteiger partial charge on any atom is 0.435 e. The van der Waals surface area contributed by atoms with Gasteiger partial charge in [0.1, 0.15) is 29.2 Å². The summed E-state index contributed by atoms with van der Waals surface area (Å²) in [6.45, 7) is 0.0580. The number of rotatable bonds is 3. The molecule has 5 nitrogen and oxygen atoms in total. The van der Waals surface area contributed by atoms with Gasteiger partial charge < -0.3 is 10.2 Å². The van der Waals surface area contributed by atoms with E-state index in [2.05, 4.69) is 15.5 Å². The second-order valence-corrected chi connectivity index (χ2v) is 5.35. The largest absolute Gasteiger partial charge is 0.435 e. The van der Waals surface area contributed by atoms with Crippen molar-refractivity contribution < 1.29 is 26.7 Å². The highest BCUT2D eigenvalue weighted by Gasteiger charge is 2.36. The van der Waals surface area contributed by atoms with Crippen LogP contribution in [0, 0.1) is 11.6 Å². The molecule has 0 radical (unpaired) electrons. The van der Waals surface area contributed by atoms with Crippen molar-refractivity contribution in [1.82, 2.24) is 10.2 Å². The molecule has 1 aliphatic heterocycles. The van der Waals surface area contributed by atoms with E-state index < -0.39 is 41.1 Å². The molecule has 0 saturated carbocycles. The number of halogens is 5. The van der Waals surface area contributed by atoms with Crippen LogP contribution in [-0.2, 0) is 11.0 Å². The van der Waals surface area contributed by atoms with Gasteiger partial charge in [0, 0.05) is 6.54 Å². The van der Waals surface area contributed by atoms with Crippen LogP contribution < -0.4 is 10.2 Å². The third-order valence-electron chi connectivity index (χ3n) is 3.69. The second-order valence-electron chi connectivity index (χ2n) is 5.35. The summed E-state index contributed by atoms with van der Waals surface area (Å²) in [6, 6.07) is 4.15. The van der Waals surface area contributed by atoms with Gasteiger partial charge in [-0.3, -0.25) is 4.79 Å². The monoisotopic (exact) mass is 358 g/mol. The molecule has 1 aromatic heterocycles. The number of carbonyl (C=O) groups is 1. The Bertz CT molecular complexity index is 773. The molecule has 2 aromatic rings. The number of nitrogens with one attached hydrogen (secondary N) is 1. The molecular formula is C15H11F5N4O. The number of hydrogen-bond donors (Lipinski definition) is 1. The minimum Gasteiger partial charge on any atom is -0.357 e. The zero-order valence-electron chi connectivity index (χ0n) is 12.5. The van der Waals surface area contributed by atoms with E-state index in [1.165, 1.54) is 6.07 Å². The van der Waals surface area contributed by atoms with Crippen molar-refractivity contribution in [3.05, 3.63) is 47.7 Å². The van der Waals surface area contributed by atoms with Crippen LogP contribution in [0.2, 0.25) is 0 Å². The molecule has 1 amide bonds. The van der Waals surface area contributed by atoms with E-state index in [1.54, 1.807) is 0 Å². The smallest absolute Gasteiger partial charge is 0.357 e. The van der Waals surface area contributed by atoms with E-state index in [0.29, 0.717) is 0 Å². The predicted molar refractivity (Wildman–Crippen MR) is 77.8 cm³/mol. The van der Waals surface area contributed by atoms with Crippen LogP contribution in [-0.4, -0.2) is 28.7 Å². The van der Waals surface area contributed by atoms with E-state index in [-0.39, 0.29) is 18.8 Å². The lowest BCUT2D eigenvalue weighted by atomic mass is 10.2. The number of benzene rings is 1. The maximum atomic E-state index is 13.8. The summed E-state index contributed by atoms with van der Waals surface area (Å²) >= 11 is 0. The van der Waals surface area contributed by atoms with Crippen molar-refractivity contribution >= 4 is 17.4 Å². The molecule has 1 fully saturated rings. The number of amides is 1. The topological polar surface area (TPSA) is 58.1 Å². The molecule has 2 heterocycles. The van der Waals surface area contributed by atoms with Gasteiger partial charge in [0.15, 0.2) is 5.69 Å². The number of nitrogens with zero attached hydrogens (tertiary/aromatic N) is 3. The van der Waals surface area contributed by atoms with Gasteiger partial charge in [0.2, 0.25) is 5.91 Å². The molecule has 10 heteroatoms. The summed E-state index contributed by atoms with van der Waals surface area (Å²) < 4.78 is 64.9. The Morgan fingerprint density at radius 2 is 1.76 bits per heavy atom. The number of carbonyl (C=O) groups excluding carboxylic acids is 1. The Morgan fingerprint density at radius 1 is 1.08 bits per heavy atom. The predicted octanol–water partition coefficient (Wildman–Crippen LogP) is 2.99. The Kier molecular flexibility index (Phi) is 4.27. The molecule has 1 unspecified atom stereocenters. The lowest BCUT2D eigenvalue weighted by molar-refractivity contribution is -0.141. The summed E-state index contributed by atoms with van der Waals surface area (Å²) in [7, 11) is 0. The molecular weight excluding hydrogens is 347 g/mol. The van der Waals surface area contributed by atoms with Crippen LogP contribution in [0.1, 0.15) is 12.1 Å². The van der Waals surface area contributed by atoms with Gasteiger partial charge in [-0.05, 0) is 30.7 Å². The minimum absolute atomic E-state index is 0.0396. The minimum atomic E-state index is -4.62. The highest BCUT2D eigenvalue weighted by atomic mass is 19.4. The Morgan fingerprint density at radius 3 is 2.32 bits per heavy atom. The van der Waals surface area contributed by atoms with Crippen LogP contribution in [0.5, 0.6) is 0 Å². The highest BCUT2D eigenvalue weighted by molar-refractivity contribution is 6.01. The molecule has 1 atom stereocenters. The first-order valence-electron chi connectivity index (χ1n) is 7.20. The highest BCUT2D eigenvalue weighted by Crippen LogP contribution is 2.29. The Labute approximate surface area is 138 Å². The maximum absolute atomic E-state index is 13.8. The van der Waals surface area contributed by atoms with Crippen molar-refractivity contribution in [2.45, 2.75) is 18.6 Å². The third-order valence-corrected chi connectivity index (χ3v) is 3.69. The molecule has 0 spiro atoms. The van der Waals surface area contributed by atoms with Crippen LogP contribution >= 0.6 is 0 Å². The van der Waals surface area contributed by atoms with Gasteiger partial charge in [-0.15, -0.1) is 10.2 Å². The van der Waals surface area contributed by atoms with Crippen molar-refractivity contribution in [2.75, 3.05) is 16.8 Å². The zero-order valence-corrected chi connectivity index (χ0v) is 12.5. The van der Waals surface area contributed by atoms with Crippen LogP contribution in [0.25, 0.3) is 0 Å². The SMILES string of the molecule is O=C1C(Nc2ccc(C(F)(F)F)nn2)CCN1c1c(F)cccc1F. The molecule has 25 heavy (non-hydrogen) atoms. The van der Waals surface area contributed by atoms with Gasteiger partial charge in [-0.2, -0.15) is 13.2 Å². The number of hydrogen-bond acceptors (Lipinski definition) is 4. The number of alkyl halides is 3. The number of anilines is 2. The molecule has 1 N–H and O–H groups in total. The summed E-state index contributed by atoms with van der Waals surface area (Å²) in [6.07, 6.45) is -4.41. The first kappa shape index (κ1) is 17.1. The van der Waals surface area contributed by atoms with Gasteiger partial charge in [-0.1, -0.05) is 6.07 Å². The summed E-state index contributed by atoms with van der Waals surface area (Å²) in [5.41, 5.74) is -1.61. The zero-order chi connectivity index (χ0) is 18.2. The summed E-state index contributed by atoms with van der Waals surface area (Å²) in [5.74, 6) is -2.39. The first-order chi connectivity index (χ1) is 11.8. The Balaban J connectivity index is 1.75. The average molecular weight is 358 g/mol. The summed E-state index contributed by atoms with van der Waals surface area (Å²) in [4.78, 5) is 13.3. The van der Waals surface area contributed by atoms with Crippen molar-refractivity contribution in [2.24, 2.45) is 0 Å². The molecule has 1 saturated heterocycles. The van der Waals surface area contributed by atoms with Crippen molar-refractivity contribution in [3.8, 4) is 0 Å². The van der Waals surface area contributed by atoms with Gasteiger partial charge in [0.05, 0.1) is 0 Å².